The van der Waals surface area contributed by atoms with Crippen LogP contribution in [0.2, 0.25) is 0 Å². The summed E-state index contributed by atoms with van der Waals surface area (Å²) >= 11 is 0. The van der Waals surface area contributed by atoms with Crippen LogP contribution in [0.4, 0.5) is 5.69 Å². The van der Waals surface area contributed by atoms with E-state index in [0.717, 1.165) is 0 Å². The molecule has 1 atom stereocenters. The molecule has 0 saturated heterocycles. The van der Waals surface area contributed by atoms with Crippen LogP contribution >= 0.6 is 0 Å². The number of fused-ring (bicyclic) bond motifs is 1. The Morgan fingerprint density at radius 1 is 1.15 bits per heavy atom. The van der Waals surface area contributed by atoms with Gasteiger partial charge in [0.2, 0.25) is 18.4 Å². The Hall–Kier alpha value is -4.14. The summed E-state index contributed by atoms with van der Waals surface area (Å²) in [6, 6.07) is 11.5. The minimum atomic E-state index is -0.851. The first-order chi connectivity index (χ1) is 15.9. The Labute approximate surface area is 189 Å². The summed E-state index contributed by atoms with van der Waals surface area (Å²) in [4.78, 5) is 25.7. The molecule has 4 rings (SSSR count). The van der Waals surface area contributed by atoms with E-state index in [1.807, 2.05) is 0 Å². The van der Waals surface area contributed by atoms with Gasteiger partial charge in [-0.05, 0) is 36.8 Å². The van der Waals surface area contributed by atoms with Gasteiger partial charge in [-0.2, -0.15) is 0 Å². The van der Waals surface area contributed by atoms with Crippen LogP contribution in [0.15, 0.2) is 51.7 Å². The highest BCUT2D eigenvalue weighted by atomic mass is 16.7. The lowest BCUT2D eigenvalue weighted by atomic mass is 9.88. The molecule has 0 unspecified atom stereocenters. The van der Waals surface area contributed by atoms with Crippen LogP contribution in [0.3, 0.4) is 0 Å². The zero-order chi connectivity index (χ0) is 23.5. The number of anilines is 1. The molecule has 9 heteroatoms. The Morgan fingerprint density at radius 3 is 2.70 bits per heavy atom. The average Bonchev–Trinajstić information content (AvgIpc) is 3.26. The van der Waals surface area contributed by atoms with E-state index in [1.165, 1.54) is 20.3 Å². The van der Waals surface area contributed by atoms with E-state index in [9.17, 15) is 14.7 Å². The van der Waals surface area contributed by atoms with Gasteiger partial charge in [-0.15, -0.1) is 0 Å². The smallest absolute Gasteiger partial charge is 0.343 e. The van der Waals surface area contributed by atoms with Crippen LogP contribution in [0.25, 0.3) is 0 Å². The van der Waals surface area contributed by atoms with Crippen molar-refractivity contribution in [3.05, 3.63) is 69.8 Å². The maximum absolute atomic E-state index is 13.0. The van der Waals surface area contributed by atoms with Gasteiger partial charge in [-0.1, -0.05) is 6.07 Å². The molecular weight excluding hydrogens is 430 g/mol. The average molecular weight is 453 g/mol. The molecular formula is C24H23NO8. The Morgan fingerprint density at radius 2 is 1.97 bits per heavy atom. The molecule has 9 nitrogen and oxygen atoms in total. The number of amides is 1. The van der Waals surface area contributed by atoms with Crippen molar-refractivity contribution in [2.75, 3.05) is 26.3 Å². The monoisotopic (exact) mass is 453 g/mol. The van der Waals surface area contributed by atoms with Gasteiger partial charge in [0.1, 0.15) is 17.3 Å². The SMILES string of the molecule is COc1cccc(NC(=O)C[C@H](c2cc(OC)c3c(c2)OCO3)c2c(O)cc(C)oc2=O)c1. The molecule has 172 valence electrons. The molecule has 0 bridgehead atoms. The molecule has 2 N–H and O–H groups in total. The van der Waals surface area contributed by atoms with E-state index in [-0.39, 0.29) is 36.2 Å². The number of benzene rings is 2. The van der Waals surface area contributed by atoms with Crippen molar-refractivity contribution in [1.29, 1.82) is 0 Å². The van der Waals surface area contributed by atoms with Crippen LogP contribution < -0.4 is 29.9 Å². The third kappa shape index (κ3) is 4.57. The standard InChI is InChI=1S/C24H23NO8/c1-13-7-18(26)22(24(28)33-13)17(11-21(27)25-15-5-4-6-16(10-15)29-2)14-8-19(30-3)23-20(9-14)31-12-32-23/h4-10,17,26H,11-12H2,1-3H3,(H,25,27)/t17-/m1/s1. The Balaban J connectivity index is 1.74. The number of hydrogen-bond acceptors (Lipinski definition) is 8. The van der Waals surface area contributed by atoms with Gasteiger partial charge in [-0.3, -0.25) is 4.79 Å². The van der Waals surface area contributed by atoms with Crippen molar-refractivity contribution in [2.45, 2.75) is 19.3 Å². The van der Waals surface area contributed by atoms with Crippen molar-refractivity contribution in [1.82, 2.24) is 0 Å². The quantitative estimate of drug-likeness (QED) is 0.558. The highest BCUT2D eigenvalue weighted by Gasteiger charge is 2.29. The third-order valence-electron chi connectivity index (χ3n) is 5.26. The number of aryl methyl sites for hydroxylation is 1. The molecule has 0 saturated carbocycles. The number of carbonyl (C=O) groups is 1. The van der Waals surface area contributed by atoms with Gasteiger partial charge in [0.15, 0.2) is 11.5 Å². The van der Waals surface area contributed by atoms with E-state index in [0.29, 0.717) is 34.2 Å². The van der Waals surface area contributed by atoms with Crippen molar-refractivity contribution >= 4 is 11.6 Å². The summed E-state index contributed by atoms with van der Waals surface area (Å²) in [7, 11) is 3.01. The molecule has 3 aromatic rings. The highest BCUT2D eigenvalue weighted by Crippen LogP contribution is 2.45. The molecule has 1 amide bonds. The summed E-state index contributed by atoms with van der Waals surface area (Å²) in [6.45, 7) is 1.58. The number of hydrogen-bond donors (Lipinski definition) is 2. The van der Waals surface area contributed by atoms with Crippen LogP contribution in [0.5, 0.6) is 28.7 Å². The molecule has 2 aromatic carbocycles. The van der Waals surface area contributed by atoms with Gasteiger partial charge in [0, 0.05) is 30.2 Å². The molecule has 1 aliphatic heterocycles. The van der Waals surface area contributed by atoms with E-state index >= 15 is 0 Å². The second kappa shape index (κ2) is 9.15. The van der Waals surface area contributed by atoms with Crippen molar-refractivity contribution in [2.24, 2.45) is 0 Å². The molecule has 33 heavy (non-hydrogen) atoms. The summed E-state index contributed by atoms with van der Waals surface area (Å²) < 4.78 is 26.7. The van der Waals surface area contributed by atoms with Gasteiger partial charge in [0.25, 0.3) is 0 Å². The van der Waals surface area contributed by atoms with Crippen molar-refractivity contribution in [3.63, 3.8) is 0 Å². The largest absolute Gasteiger partial charge is 0.507 e. The fourth-order valence-corrected chi connectivity index (χ4v) is 3.76. The van der Waals surface area contributed by atoms with Crippen molar-refractivity contribution < 1.29 is 33.3 Å². The molecule has 0 fully saturated rings. The van der Waals surface area contributed by atoms with Gasteiger partial charge >= 0.3 is 5.63 Å². The highest BCUT2D eigenvalue weighted by molar-refractivity contribution is 5.91. The van der Waals surface area contributed by atoms with Crippen LogP contribution in [0.1, 0.15) is 29.2 Å². The minimum absolute atomic E-state index is 0.0219. The van der Waals surface area contributed by atoms with Crippen molar-refractivity contribution in [3.8, 4) is 28.7 Å². The molecule has 0 spiro atoms. The number of methoxy groups -OCH3 is 2. The summed E-state index contributed by atoms with van der Waals surface area (Å²) in [5, 5.41) is 13.4. The number of rotatable bonds is 7. The zero-order valence-electron chi connectivity index (χ0n) is 18.3. The lowest BCUT2D eigenvalue weighted by molar-refractivity contribution is -0.116. The van der Waals surface area contributed by atoms with Gasteiger partial charge < -0.3 is 33.8 Å². The van der Waals surface area contributed by atoms with Crippen LogP contribution in [0, 0.1) is 6.92 Å². The molecule has 0 aliphatic carbocycles. The molecule has 0 radical (unpaired) electrons. The molecule has 1 aliphatic rings. The summed E-state index contributed by atoms with van der Waals surface area (Å²) in [5.74, 6) is 0.569. The Kier molecular flexibility index (Phi) is 6.12. The topological polar surface area (TPSA) is 116 Å². The van der Waals surface area contributed by atoms with E-state index in [1.54, 1.807) is 43.3 Å². The first kappa shape index (κ1) is 22.1. The first-order valence-corrected chi connectivity index (χ1v) is 10.1. The number of nitrogens with one attached hydrogen (secondary N) is 1. The van der Waals surface area contributed by atoms with Gasteiger partial charge in [-0.25, -0.2) is 4.79 Å². The normalized spacial score (nSPS) is 12.8. The number of aromatic hydroxyl groups is 1. The van der Waals surface area contributed by atoms with E-state index in [2.05, 4.69) is 5.32 Å². The minimum Gasteiger partial charge on any atom is -0.507 e. The lowest BCUT2D eigenvalue weighted by Gasteiger charge is -2.19. The second-order valence-electron chi connectivity index (χ2n) is 7.44. The molecule has 1 aromatic heterocycles. The maximum Gasteiger partial charge on any atom is 0.343 e. The predicted molar refractivity (Wildman–Crippen MR) is 119 cm³/mol. The van der Waals surface area contributed by atoms with Gasteiger partial charge in [0.05, 0.1) is 19.8 Å². The lowest BCUT2D eigenvalue weighted by Crippen LogP contribution is -2.21. The number of ether oxygens (including phenoxy) is 4. The number of carbonyl (C=O) groups excluding carboxylic acids is 1. The Bertz CT molecular complexity index is 1250. The third-order valence-corrected chi connectivity index (χ3v) is 5.26. The molecule has 2 heterocycles. The van der Waals surface area contributed by atoms with E-state index in [4.69, 9.17) is 23.4 Å². The fourth-order valence-electron chi connectivity index (χ4n) is 3.76. The summed E-state index contributed by atoms with van der Waals surface area (Å²) in [6.07, 6.45) is -0.165. The summed E-state index contributed by atoms with van der Waals surface area (Å²) in [5.41, 5.74) is 0.274. The fraction of sp³-hybridized carbons (Fsp3) is 0.250. The first-order valence-electron chi connectivity index (χ1n) is 10.1. The predicted octanol–water partition coefficient (Wildman–Crippen LogP) is 3.56. The second-order valence-corrected chi connectivity index (χ2v) is 7.44. The van der Waals surface area contributed by atoms with Crippen LogP contribution in [-0.4, -0.2) is 32.0 Å². The van der Waals surface area contributed by atoms with E-state index < -0.39 is 11.5 Å². The maximum atomic E-state index is 13.0. The van der Waals surface area contributed by atoms with Crippen LogP contribution in [-0.2, 0) is 4.79 Å². The zero-order valence-corrected chi connectivity index (χ0v) is 18.3.